The van der Waals surface area contributed by atoms with Crippen LogP contribution in [0.25, 0.3) is 6.08 Å². The van der Waals surface area contributed by atoms with Crippen molar-refractivity contribution in [2.75, 3.05) is 5.32 Å². The molecule has 2 aromatic carbocycles. The van der Waals surface area contributed by atoms with Gasteiger partial charge in [-0.2, -0.15) is 0 Å². The number of nitrogens with zero attached hydrogens (tertiary/aromatic N) is 1. The van der Waals surface area contributed by atoms with Crippen molar-refractivity contribution < 1.29 is 14.5 Å². The zero-order chi connectivity index (χ0) is 20.6. The molecule has 2 aromatic rings. The quantitative estimate of drug-likeness (QED) is 0.434. The number of nitro benzene ring substituents is 1. The molecule has 0 unspecified atom stereocenters. The van der Waals surface area contributed by atoms with Gasteiger partial charge in [-0.05, 0) is 60.9 Å². The Hall–Kier alpha value is -3.48. The van der Waals surface area contributed by atoms with Gasteiger partial charge in [0.1, 0.15) is 0 Å². The SMILES string of the molecule is O=C(/C=C/c1ccc([N+](=O)[O-])cc1)Nc1ccc(C(=O)NC2CCCCC2)cc1. The van der Waals surface area contributed by atoms with Gasteiger partial charge in [0, 0.05) is 35.5 Å². The largest absolute Gasteiger partial charge is 0.349 e. The molecule has 3 rings (SSSR count). The Morgan fingerprint density at radius 3 is 2.24 bits per heavy atom. The number of anilines is 1. The summed E-state index contributed by atoms with van der Waals surface area (Å²) in [5.41, 5.74) is 1.83. The van der Waals surface area contributed by atoms with Gasteiger partial charge in [0.05, 0.1) is 4.92 Å². The molecule has 0 saturated heterocycles. The van der Waals surface area contributed by atoms with E-state index in [9.17, 15) is 19.7 Å². The highest BCUT2D eigenvalue weighted by Crippen LogP contribution is 2.18. The third-order valence-corrected chi connectivity index (χ3v) is 4.89. The van der Waals surface area contributed by atoms with Crippen LogP contribution in [0.2, 0.25) is 0 Å². The van der Waals surface area contributed by atoms with Gasteiger partial charge in [-0.3, -0.25) is 19.7 Å². The van der Waals surface area contributed by atoms with E-state index in [1.807, 2.05) is 0 Å². The van der Waals surface area contributed by atoms with Crippen molar-refractivity contribution in [3.05, 3.63) is 75.8 Å². The average Bonchev–Trinajstić information content (AvgIpc) is 2.74. The maximum absolute atomic E-state index is 12.3. The van der Waals surface area contributed by atoms with Crippen LogP contribution in [-0.4, -0.2) is 22.8 Å². The first-order valence-electron chi connectivity index (χ1n) is 9.66. The van der Waals surface area contributed by atoms with Crippen molar-refractivity contribution in [1.29, 1.82) is 0 Å². The van der Waals surface area contributed by atoms with Gasteiger partial charge < -0.3 is 10.6 Å². The van der Waals surface area contributed by atoms with E-state index in [-0.39, 0.29) is 23.5 Å². The van der Waals surface area contributed by atoms with Gasteiger partial charge >= 0.3 is 0 Å². The van der Waals surface area contributed by atoms with Crippen molar-refractivity contribution in [2.45, 2.75) is 38.1 Å². The lowest BCUT2D eigenvalue weighted by Gasteiger charge is -2.22. The van der Waals surface area contributed by atoms with Crippen LogP contribution < -0.4 is 10.6 Å². The van der Waals surface area contributed by atoms with E-state index in [0.717, 1.165) is 25.7 Å². The number of nitro groups is 1. The van der Waals surface area contributed by atoms with E-state index < -0.39 is 4.92 Å². The van der Waals surface area contributed by atoms with Gasteiger partial charge in [-0.15, -0.1) is 0 Å². The Morgan fingerprint density at radius 1 is 0.966 bits per heavy atom. The minimum Gasteiger partial charge on any atom is -0.349 e. The van der Waals surface area contributed by atoms with Crippen LogP contribution in [0.4, 0.5) is 11.4 Å². The normalized spacial score (nSPS) is 14.5. The lowest BCUT2D eigenvalue weighted by molar-refractivity contribution is -0.384. The molecule has 2 amide bonds. The second-order valence-electron chi connectivity index (χ2n) is 7.06. The minimum atomic E-state index is -0.473. The van der Waals surface area contributed by atoms with Gasteiger partial charge in [0.2, 0.25) is 5.91 Å². The summed E-state index contributed by atoms with van der Waals surface area (Å²) in [6.07, 6.45) is 8.53. The summed E-state index contributed by atoms with van der Waals surface area (Å²) < 4.78 is 0. The number of carbonyl (C=O) groups is 2. The van der Waals surface area contributed by atoms with E-state index >= 15 is 0 Å². The third kappa shape index (κ3) is 6.00. The summed E-state index contributed by atoms with van der Waals surface area (Å²) in [5.74, 6) is -0.421. The number of benzene rings is 2. The Bertz CT molecular complexity index is 899. The summed E-state index contributed by atoms with van der Waals surface area (Å²) in [7, 11) is 0. The second kappa shape index (κ2) is 9.64. The third-order valence-electron chi connectivity index (χ3n) is 4.89. The lowest BCUT2D eigenvalue weighted by atomic mass is 9.95. The Labute approximate surface area is 169 Å². The standard InChI is InChI=1S/C22H23N3O4/c26-21(15-8-16-6-13-20(14-7-16)25(28)29)23-19-11-9-17(10-12-19)22(27)24-18-4-2-1-3-5-18/h6-15,18H,1-5H2,(H,23,26)(H,24,27)/b15-8+. The highest BCUT2D eigenvalue weighted by atomic mass is 16.6. The molecule has 1 fully saturated rings. The van der Waals surface area contributed by atoms with Crippen molar-refractivity contribution in [2.24, 2.45) is 0 Å². The van der Waals surface area contributed by atoms with Crippen molar-refractivity contribution in [1.82, 2.24) is 5.32 Å². The first-order valence-corrected chi connectivity index (χ1v) is 9.66. The summed E-state index contributed by atoms with van der Waals surface area (Å²) in [6, 6.07) is 12.9. The average molecular weight is 393 g/mol. The zero-order valence-electron chi connectivity index (χ0n) is 16.0. The molecule has 7 heteroatoms. The molecule has 7 nitrogen and oxygen atoms in total. The number of hydrogen-bond donors (Lipinski definition) is 2. The number of rotatable bonds is 6. The van der Waals surface area contributed by atoms with E-state index in [0.29, 0.717) is 16.8 Å². The van der Waals surface area contributed by atoms with Gasteiger partial charge in [0.25, 0.3) is 11.6 Å². The van der Waals surface area contributed by atoms with Crippen molar-refractivity contribution >= 4 is 29.3 Å². The van der Waals surface area contributed by atoms with Crippen molar-refractivity contribution in [3.63, 3.8) is 0 Å². The highest BCUT2D eigenvalue weighted by Gasteiger charge is 2.16. The first kappa shape index (κ1) is 20.3. The Morgan fingerprint density at radius 2 is 1.62 bits per heavy atom. The molecule has 0 aliphatic heterocycles. The molecule has 0 bridgehead atoms. The predicted octanol–water partition coefficient (Wildman–Crippen LogP) is 4.31. The maximum Gasteiger partial charge on any atom is 0.269 e. The molecule has 150 valence electrons. The van der Waals surface area contributed by atoms with Crippen LogP contribution in [0, 0.1) is 10.1 Å². The van der Waals surface area contributed by atoms with Crippen molar-refractivity contribution in [3.8, 4) is 0 Å². The molecule has 0 radical (unpaired) electrons. The number of non-ortho nitro benzene ring substituents is 1. The van der Waals surface area contributed by atoms with E-state index in [1.54, 1.807) is 42.5 Å². The first-order chi connectivity index (χ1) is 14.0. The van der Waals surface area contributed by atoms with Crippen LogP contribution >= 0.6 is 0 Å². The van der Waals surface area contributed by atoms with Crippen LogP contribution in [0.1, 0.15) is 48.0 Å². The van der Waals surface area contributed by atoms with Gasteiger partial charge in [-0.1, -0.05) is 19.3 Å². The Kier molecular flexibility index (Phi) is 6.73. The van der Waals surface area contributed by atoms with E-state index in [2.05, 4.69) is 10.6 Å². The fourth-order valence-corrected chi connectivity index (χ4v) is 3.28. The van der Waals surface area contributed by atoms with E-state index in [1.165, 1.54) is 24.6 Å². The molecule has 1 aliphatic carbocycles. The maximum atomic E-state index is 12.3. The highest BCUT2D eigenvalue weighted by molar-refractivity contribution is 6.02. The number of nitrogens with one attached hydrogen (secondary N) is 2. The zero-order valence-corrected chi connectivity index (χ0v) is 16.0. The second-order valence-corrected chi connectivity index (χ2v) is 7.06. The Balaban J connectivity index is 1.52. The van der Waals surface area contributed by atoms with E-state index in [4.69, 9.17) is 0 Å². The number of hydrogen-bond acceptors (Lipinski definition) is 4. The molecule has 1 saturated carbocycles. The molecular formula is C22H23N3O4. The smallest absolute Gasteiger partial charge is 0.269 e. The van der Waals surface area contributed by atoms with Gasteiger partial charge in [0.15, 0.2) is 0 Å². The topological polar surface area (TPSA) is 101 Å². The molecule has 0 aromatic heterocycles. The predicted molar refractivity (Wildman–Crippen MR) is 112 cm³/mol. The molecule has 29 heavy (non-hydrogen) atoms. The van der Waals surface area contributed by atoms with Crippen LogP contribution in [0.15, 0.2) is 54.6 Å². The number of carbonyl (C=O) groups excluding carboxylic acids is 2. The molecule has 2 N–H and O–H groups in total. The fourth-order valence-electron chi connectivity index (χ4n) is 3.28. The van der Waals surface area contributed by atoms with Crippen LogP contribution in [-0.2, 0) is 4.79 Å². The summed E-state index contributed by atoms with van der Waals surface area (Å²) in [6.45, 7) is 0. The lowest BCUT2D eigenvalue weighted by Crippen LogP contribution is -2.36. The molecule has 1 aliphatic rings. The minimum absolute atomic E-state index is 0.000727. The molecule has 0 spiro atoms. The fraction of sp³-hybridized carbons (Fsp3) is 0.273. The van der Waals surface area contributed by atoms with Gasteiger partial charge in [-0.25, -0.2) is 0 Å². The molecule has 0 atom stereocenters. The summed E-state index contributed by atoms with van der Waals surface area (Å²) in [5, 5.41) is 16.4. The molecular weight excluding hydrogens is 370 g/mol. The van der Waals surface area contributed by atoms with Crippen LogP contribution in [0.5, 0.6) is 0 Å². The monoisotopic (exact) mass is 393 g/mol. The summed E-state index contributed by atoms with van der Waals surface area (Å²) in [4.78, 5) is 34.5. The molecule has 0 heterocycles. The van der Waals surface area contributed by atoms with Crippen LogP contribution in [0.3, 0.4) is 0 Å². The summed E-state index contributed by atoms with van der Waals surface area (Å²) >= 11 is 0. The number of amides is 2.